The predicted octanol–water partition coefficient (Wildman–Crippen LogP) is 2.40. The third-order valence-electron chi connectivity index (χ3n) is 2.35. The van der Waals surface area contributed by atoms with Gasteiger partial charge in [-0.1, -0.05) is 30.3 Å². The Morgan fingerprint density at radius 3 is 2.67 bits per heavy atom. The fourth-order valence-corrected chi connectivity index (χ4v) is 1.64. The van der Waals surface area contributed by atoms with Crippen molar-refractivity contribution < 1.29 is 0 Å². The highest BCUT2D eigenvalue weighted by atomic mass is 15.2. The Hall–Kier alpha value is -2.16. The van der Waals surface area contributed by atoms with E-state index in [2.05, 4.69) is 22.2 Å². The van der Waals surface area contributed by atoms with Crippen molar-refractivity contribution in [2.24, 2.45) is 0 Å². The molecule has 0 aliphatic heterocycles. The molecule has 2 aromatic heterocycles. The van der Waals surface area contributed by atoms with E-state index in [1.54, 1.807) is 6.20 Å². The van der Waals surface area contributed by atoms with Gasteiger partial charge in [0.1, 0.15) is 0 Å². The summed E-state index contributed by atoms with van der Waals surface area (Å²) in [7, 11) is 0. The number of imidazole rings is 1. The minimum Gasteiger partial charge on any atom is -0.235 e. The molecule has 0 atom stereocenters. The van der Waals surface area contributed by atoms with Crippen molar-refractivity contribution in [1.82, 2.24) is 14.6 Å². The lowest BCUT2D eigenvalue weighted by Crippen LogP contribution is -1.91. The van der Waals surface area contributed by atoms with E-state index in [1.165, 1.54) is 0 Å². The molecule has 3 nitrogen and oxygen atoms in total. The Kier molecular flexibility index (Phi) is 1.75. The Bertz CT molecular complexity index is 584. The molecule has 0 spiro atoms. The molecule has 0 radical (unpaired) electrons. The van der Waals surface area contributed by atoms with E-state index in [-0.39, 0.29) is 0 Å². The first-order valence-electron chi connectivity index (χ1n) is 4.79. The van der Waals surface area contributed by atoms with Crippen molar-refractivity contribution >= 4 is 5.65 Å². The Balaban J connectivity index is 2.28. The van der Waals surface area contributed by atoms with Crippen LogP contribution in [0.1, 0.15) is 0 Å². The first kappa shape index (κ1) is 8.17. The van der Waals surface area contributed by atoms with Gasteiger partial charge in [0.2, 0.25) is 0 Å². The molecule has 0 fully saturated rings. The van der Waals surface area contributed by atoms with Gasteiger partial charge in [-0.2, -0.15) is 5.10 Å². The van der Waals surface area contributed by atoms with Crippen LogP contribution in [0.15, 0.2) is 54.9 Å². The molecule has 0 aliphatic rings. The van der Waals surface area contributed by atoms with Crippen molar-refractivity contribution in [3.8, 4) is 11.3 Å². The van der Waals surface area contributed by atoms with Gasteiger partial charge in [-0.05, 0) is 12.1 Å². The largest absolute Gasteiger partial charge is 0.235 e. The molecule has 3 heteroatoms. The lowest BCUT2D eigenvalue weighted by molar-refractivity contribution is 0.943. The molecular formula is C12H9N3. The summed E-state index contributed by atoms with van der Waals surface area (Å²) in [5.41, 5.74) is 3.02. The van der Waals surface area contributed by atoms with Crippen molar-refractivity contribution in [2.45, 2.75) is 0 Å². The monoisotopic (exact) mass is 195 g/mol. The van der Waals surface area contributed by atoms with Crippen LogP contribution in [-0.2, 0) is 0 Å². The Morgan fingerprint density at radius 1 is 0.933 bits per heavy atom. The van der Waals surface area contributed by atoms with Gasteiger partial charge in [0.05, 0.1) is 11.9 Å². The number of hydrogen-bond acceptors (Lipinski definition) is 2. The highest BCUT2D eigenvalue weighted by molar-refractivity contribution is 5.62. The SMILES string of the molecule is c1ccc(-c2cnc3cccnn23)cc1. The van der Waals surface area contributed by atoms with Gasteiger partial charge in [-0.15, -0.1) is 0 Å². The molecule has 15 heavy (non-hydrogen) atoms. The average Bonchev–Trinajstić information content (AvgIpc) is 2.74. The molecule has 3 rings (SSSR count). The highest BCUT2D eigenvalue weighted by Gasteiger charge is 2.04. The molecule has 1 aromatic carbocycles. The van der Waals surface area contributed by atoms with E-state index >= 15 is 0 Å². The standard InChI is InChI=1S/C12H9N3/c1-2-5-10(6-3-1)11-9-13-12-7-4-8-14-15(11)12/h1-9H. The summed E-state index contributed by atoms with van der Waals surface area (Å²) < 4.78 is 1.84. The van der Waals surface area contributed by atoms with Gasteiger partial charge in [0, 0.05) is 11.8 Å². The van der Waals surface area contributed by atoms with E-state index in [1.807, 2.05) is 41.0 Å². The third kappa shape index (κ3) is 1.29. The van der Waals surface area contributed by atoms with Crippen LogP contribution in [0.5, 0.6) is 0 Å². The summed E-state index contributed by atoms with van der Waals surface area (Å²) in [5.74, 6) is 0. The van der Waals surface area contributed by atoms with Crippen LogP contribution in [0.3, 0.4) is 0 Å². The number of rotatable bonds is 1. The number of aromatic nitrogens is 3. The number of nitrogens with zero attached hydrogens (tertiary/aromatic N) is 3. The molecule has 0 saturated carbocycles. The van der Waals surface area contributed by atoms with Crippen LogP contribution in [0.25, 0.3) is 16.9 Å². The Labute approximate surface area is 87.0 Å². The van der Waals surface area contributed by atoms with Crippen LogP contribution in [0.4, 0.5) is 0 Å². The van der Waals surface area contributed by atoms with Crippen LogP contribution >= 0.6 is 0 Å². The molecule has 2 heterocycles. The molecule has 72 valence electrons. The molecule has 0 saturated heterocycles. The number of fused-ring (bicyclic) bond motifs is 1. The van der Waals surface area contributed by atoms with Crippen LogP contribution in [0, 0.1) is 0 Å². The minimum absolute atomic E-state index is 0.872. The van der Waals surface area contributed by atoms with Gasteiger partial charge in [-0.3, -0.25) is 0 Å². The second-order valence-electron chi connectivity index (χ2n) is 3.30. The molecule has 0 N–H and O–H groups in total. The van der Waals surface area contributed by atoms with Gasteiger partial charge in [0.15, 0.2) is 5.65 Å². The van der Waals surface area contributed by atoms with Crippen LogP contribution < -0.4 is 0 Å². The molecular weight excluding hydrogens is 186 g/mol. The van der Waals surface area contributed by atoms with Crippen molar-refractivity contribution in [2.75, 3.05) is 0 Å². The van der Waals surface area contributed by atoms with E-state index in [9.17, 15) is 0 Å². The topological polar surface area (TPSA) is 30.2 Å². The smallest absolute Gasteiger partial charge is 0.154 e. The zero-order valence-electron chi connectivity index (χ0n) is 8.04. The lowest BCUT2D eigenvalue weighted by atomic mass is 10.2. The van der Waals surface area contributed by atoms with E-state index in [0.717, 1.165) is 16.9 Å². The average molecular weight is 195 g/mol. The van der Waals surface area contributed by atoms with Crippen molar-refractivity contribution in [3.63, 3.8) is 0 Å². The summed E-state index contributed by atoms with van der Waals surface area (Å²) in [6.07, 6.45) is 3.61. The molecule has 3 aromatic rings. The van der Waals surface area contributed by atoms with Crippen molar-refractivity contribution in [3.05, 3.63) is 54.9 Å². The van der Waals surface area contributed by atoms with E-state index in [4.69, 9.17) is 0 Å². The van der Waals surface area contributed by atoms with Gasteiger partial charge < -0.3 is 0 Å². The fourth-order valence-electron chi connectivity index (χ4n) is 1.64. The minimum atomic E-state index is 0.872. The molecule has 0 unspecified atom stereocenters. The highest BCUT2D eigenvalue weighted by Crippen LogP contribution is 2.18. The molecule has 0 aliphatic carbocycles. The predicted molar refractivity (Wildman–Crippen MR) is 58.4 cm³/mol. The summed E-state index contributed by atoms with van der Waals surface area (Å²) in [6.45, 7) is 0. The van der Waals surface area contributed by atoms with Crippen molar-refractivity contribution in [1.29, 1.82) is 0 Å². The maximum Gasteiger partial charge on any atom is 0.154 e. The van der Waals surface area contributed by atoms with Gasteiger partial charge in [0.25, 0.3) is 0 Å². The summed E-state index contributed by atoms with van der Waals surface area (Å²) in [5, 5.41) is 4.27. The van der Waals surface area contributed by atoms with Gasteiger partial charge >= 0.3 is 0 Å². The zero-order chi connectivity index (χ0) is 10.1. The zero-order valence-corrected chi connectivity index (χ0v) is 8.04. The normalized spacial score (nSPS) is 10.7. The third-order valence-corrected chi connectivity index (χ3v) is 2.35. The summed E-state index contributed by atoms with van der Waals surface area (Å²) in [4.78, 5) is 4.30. The maximum absolute atomic E-state index is 4.30. The Morgan fingerprint density at radius 2 is 1.80 bits per heavy atom. The second kappa shape index (κ2) is 3.20. The molecule has 0 bridgehead atoms. The molecule has 0 amide bonds. The fraction of sp³-hybridized carbons (Fsp3) is 0. The quantitative estimate of drug-likeness (QED) is 0.596. The number of benzene rings is 1. The van der Waals surface area contributed by atoms with E-state index in [0.29, 0.717) is 0 Å². The first-order valence-corrected chi connectivity index (χ1v) is 4.79. The first-order chi connectivity index (χ1) is 7.45. The van der Waals surface area contributed by atoms with Crippen LogP contribution in [-0.4, -0.2) is 14.6 Å². The maximum atomic E-state index is 4.30. The number of hydrogen-bond donors (Lipinski definition) is 0. The second-order valence-corrected chi connectivity index (χ2v) is 3.30. The lowest BCUT2D eigenvalue weighted by Gasteiger charge is -1.99. The summed E-state index contributed by atoms with van der Waals surface area (Å²) in [6, 6.07) is 14.0. The van der Waals surface area contributed by atoms with Crippen LogP contribution in [0.2, 0.25) is 0 Å². The summed E-state index contributed by atoms with van der Waals surface area (Å²) >= 11 is 0. The van der Waals surface area contributed by atoms with Gasteiger partial charge in [-0.25, -0.2) is 9.50 Å². The van der Waals surface area contributed by atoms with E-state index < -0.39 is 0 Å².